The van der Waals surface area contributed by atoms with E-state index >= 15 is 0 Å². The second-order valence-corrected chi connectivity index (χ2v) is 6.59. The third-order valence-electron chi connectivity index (χ3n) is 4.39. The number of benzene rings is 1. The standard InChI is InChI=1S/C16H7F17O2/c1-35-8(34)6-2-4-7(5-3-6)9(17,18)10(19,20)11(21,22)12(23,24)13(25,26)14(27,28)15(29,30)16(31,32)33/h2-5H,1H3. The van der Waals surface area contributed by atoms with Crippen LogP contribution in [0.4, 0.5) is 74.6 Å². The molecule has 0 saturated carbocycles. The zero-order valence-electron chi connectivity index (χ0n) is 16.1. The Balaban J connectivity index is 3.67. The molecule has 35 heavy (non-hydrogen) atoms. The lowest BCUT2D eigenvalue weighted by molar-refractivity contribution is -0.462. The Morgan fingerprint density at radius 2 is 0.857 bits per heavy atom. The Morgan fingerprint density at radius 3 is 1.17 bits per heavy atom. The van der Waals surface area contributed by atoms with Crippen LogP contribution in [0, 0.1) is 0 Å². The van der Waals surface area contributed by atoms with Crippen molar-refractivity contribution < 1.29 is 84.2 Å². The van der Waals surface area contributed by atoms with E-state index in [0.29, 0.717) is 0 Å². The first-order chi connectivity index (χ1) is 15.2. The first kappa shape index (κ1) is 30.5. The maximum Gasteiger partial charge on any atom is 0.460 e. The molecule has 0 aliphatic rings. The van der Waals surface area contributed by atoms with Crippen LogP contribution in [0.1, 0.15) is 15.9 Å². The number of hydrogen-bond acceptors (Lipinski definition) is 2. The third-order valence-corrected chi connectivity index (χ3v) is 4.39. The van der Waals surface area contributed by atoms with Crippen molar-refractivity contribution in [3.63, 3.8) is 0 Å². The van der Waals surface area contributed by atoms with E-state index in [9.17, 15) is 79.4 Å². The van der Waals surface area contributed by atoms with Gasteiger partial charge in [-0.15, -0.1) is 0 Å². The van der Waals surface area contributed by atoms with Gasteiger partial charge in [0.05, 0.1) is 12.7 Å². The van der Waals surface area contributed by atoms with Crippen LogP contribution in [-0.4, -0.2) is 54.8 Å². The molecule has 202 valence electrons. The number of methoxy groups -OCH3 is 1. The molecule has 1 aromatic carbocycles. The molecule has 0 heterocycles. The normalized spacial score (nSPS) is 15.3. The van der Waals surface area contributed by atoms with E-state index in [2.05, 4.69) is 4.74 Å². The fourth-order valence-electron chi connectivity index (χ4n) is 2.28. The Kier molecular flexibility index (Phi) is 7.22. The number of halogens is 17. The maximum atomic E-state index is 14.0. The van der Waals surface area contributed by atoms with E-state index in [0.717, 1.165) is 7.11 Å². The number of carbonyl (C=O) groups is 1. The SMILES string of the molecule is COC(=O)c1ccc(C(F)(F)C(F)(F)C(F)(F)C(F)(F)C(F)(F)C(F)(F)C(F)(F)C(F)(F)F)cc1. The molecular weight excluding hydrogens is 547 g/mol. The molecule has 0 saturated heterocycles. The number of hydrogen-bond donors (Lipinski definition) is 0. The summed E-state index contributed by atoms with van der Waals surface area (Å²) in [5.41, 5.74) is -3.14. The fraction of sp³-hybridized carbons (Fsp3) is 0.562. The van der Waals surface area contributed by atoms with Gasteiger partial charge in [-0.25, -0.2) is 4.79 Å². The monoisotopic (exact) mass is 554 g/mol. The molecule has 0 fully saturated rings. The number of carbonyl (C=O) groups excluding carboxylic acids is 1. The summed E-state index contributed by atoms with van der Waals surface area (Å²) in [6, 6.07) is -0.292. The average Bonchev–Trinajstić information content (AvgIpc) is 2.71. The van der Waals surface area contributed by atoms with E-state index in [4.69, 9.17) is 0 Å². The molecule has 0 radical (unpaired) electrons. The molecule has 2 nitrogen and oxygen atoms in total. The Hall–Kier alpha value is -2.50. The lowest BCUT2D eigenvalue weighted by Crippen LogP contribution is -2.74. The van der Waals surface area contributed by atoms with Gasteiger partial charge >= 0.3 is 53.6 Å². The molecule has 0 spiro atoms. The minimum atomic E-state index is -8.68. The topological polar surface area (TPSA) is 26.3 Å². The van der Waals surface area contributed by atoms with E-state index in [1.165, 1.54) is 0 Å². The van der Waals surface area contributed by atoms with Crippen LogP contribution in [0.15, 0.2) is 24.3 Å². The van der Waals surface area contributed by atoms with Crippen molar-refractivity contribution in [1.29, 1.82) is 0 Å². The van der Waals surface area contributed by atoms with Gasteiger partial charge in [-0.05, 0) is 12.1 Å². The van der Waals surface area contributed by atoms with Crippen LogP contribution in [0.3, 0.4) is 0 Å². The average molecular weight is 554 g/mol. The molecule has 0 aliphatic carbocycles. The minimum Gasteiger partial charge on any atom is -0.465 e. The smallest absolute Gasteiger partial charge is 0.460 e. The lowest BCUT2D eigenvalue weighted by atomic mass is 9.87. The zero-order valence-corrected chi connectivity index (χ0v) is 16.1. The minimum absolute atomic E-state index is 0.161. The first-order valence-corrected chi connectivity index (χ1v) is 8.10. The molecular formula is C16H7F17O2. The first-order valence-electron chi connectivity index (χ1n) is 8.10. The van der Waals surface area contributed by atoms with Crippen molar-refractivity contribution in [2.45, 2.75) is 47.6 Å². The highest BCUT2D eigenvalue weighted by Crippen LogP contribution is 2.65. The Bertz CT molecular complexity index is 930. The fourth-order valence-corrected chi connectivity index (χ4v) is 2.28. The van der Waals surface area contributed by atoms with Gasteiger partial charge in [0.15, 0.2) is 0 Å². The summed E-state index contributed by atoms with van der Waals surface area (Å²) in [4.78, 5) is 11.1. The quantitative estimate of drug-likeness (QED) is 0.257. The van der Waals surface area contributed by atoms with Crippen LogP contribution in [0.5, 0.6) is 0 Å². The Morgan fingerprint density at radius 1 is 0.543 bits per heavy atom. The van der Waals surface area contributed by atoms with Gasteiger partial charge in [-0.1, -0.05) is 12.1 Å². The molecule has 1 rings (SSSR count). The van der Waals surface area contributed by atoms with E-state index < -0.39 is 64.7 Å². The van der Waals surface area contributed by atoms with Crippen LogP contribution in [0.2, 0.25) is 0 Å². The summed E-state index contributed by atoms with van der Waals surface area (Å²) in [5.74, 6) is -58.3. The van der Waals surface area contributed by atoms with E-state index in [1.807, 2.05) is 0 Å². The molecule has 0 unspecified atom stereocenters. The van der Waals surface area contributed by atoms with Crippen LogP contribution >= 0.6 is 0 Å². The molecule has 19 heteroatoms. The summed E-state index contributed by atoms with van der Waals surface area (Å²) in [6.07, 6.45) is -7.81. The van der Waals surface area contributed by atoms with Crippen molar-refractivity contribution >= 4 is 5.97 Å². The highest BCUT2D eigenvalue weighted by Gasteiger charge is 2.95. The van der Waals surface area contributed by atoms with Gasteiger partial charge in [-0.3, -0.25) is 0 Å². The van der Waals surface area contributed by atoms with Crippen LogP contribution in [0.25, 0.3) is 0 Å². The van der Waals surface area contributed by atoms with Gasteiger partial charge in [0.1, 0.15) is 0 Å². The van der Waals surface area contributed by atoms with Crippen molar-refractivity contribution in [2.24, 2.45) is 0 Å². The van der Waals surface area contributed by atoms with E-state index in [1.54, 1.807) is 0 Å². The molecule has 0 bridgehead atoms. The van der Waals surface area contributed by atoms with Crippen molar-refractivity contribution in [1.82, 2.24) is 0 Å². The second kappa shape index (κ2) is 8.28. The maximum absolute atomic E-state index is 14.0. The van der Waals surface area contributed by atoms with Crippen molar-refractivity contribution in [3.05, 3.63) is 35.4 Å². The van der Waals surface area contributed by atoms with Gasteiger partial charge in [-0.2, -0.15) is 74.6 Å². The summed E-state index contributed by atoms with van der Waals surface area (Å²) in [5, 5.41) is 0. The van der Waals surface area contributed by atoms with Crippen molar-refractivity contribution in [2.75, 3.05) is 7.11 Å². The molecule has 1 aromatic rings. The van der Waals surface area contributed by atoms with E-state index in [-0.39, 0.29) is 24.3 Å². The molecule has 0 amide bonds. The molecule has 0 atom stereocenters. The van der Waals surface area contributed by atoms with Crippen LogP contribution < -0.4 is 0 Å². The summed E-state index contributed by atoms with van der Waals surface area (Å²) < 4.78 is 229. The second-order valence-electron chi connectivity index (χ2n) is 6.59. The van der Waals surface area contributed by atoms with Gasteiger partial charge in [0, 0.05) is 5.56 Å². The molecule has 0 aromatic heterocycles. The number of alkyl halides is 17. The van der Waals surface area contributed by atoms with Gasteiger partial charge < -0.3 is 4.74 Å². The summed E-state index contributed by atoms with van der Waals surface area (Å²) in [6.45, 7) is 0. The lowest BCUT2D eigenvalue weighted by Gasteiger charge is -2.42. The summed E-state index contributed by atoms with van der Waals surface area (Å²) >= 11 is 0. The van der Waals surface area contributed by atoms with Crippen molar-refractivity contribution in [3.8, 4) is 0 Å². The zero-order chi connectivity index (χ0) is 28.3. The number of ether oxygens (including phenoxy) is 1. The predicted molar refractivity (Wildman–Crippen MR) is 77.4 cm³/mol. The molecule has 0 aliphatic heterocycles. The molecule has 0 N–H and O–H groups in total. The van der Waals surface area contributed by atoms with Gasteiger partial charge in [0.25, 0.3) is 0 Å². The number of rotatable bonds is 8. The van der Waals surface area contributed by atoms with Crippen LogP contribution in [-0.2, 0) is 10.7 Å². The highest BCUT2D eigenvalue weighted by atomic mass is 19.4. The third kappa shape index (κ3) is 4.03. The van der Waals surface area contributed by atoms with Gasteiger partial charge in [0.2, 0.25) is 0 Å². The predicted octanol–water partition coefficient (Wildman–Crippen LogP) is 6.94. The number of esters is 1. The summed E-state index contributed by atoms with van der Waals surface area (Å²) in [7, 11) is 0.722. The Labute approximate surface area is 181 Å². The highest BCUT2D eigenvalue weighted by molar-refractivity contribution is 5.89. The largest absolute Gasteiger partial charge is 0.465 e.